The second-order valence-electron chi connectivity index (χ2n) is 2.69. The molecule has 70 valence electrons. The zero-order chi connectivity index (χ0) is 9.23. The molecule has 0 saturated heterocycles. The molecule has 0 aromatic rings. The van der Waals surface area contributed by atoms with Crippen LogP contribution in [-0.4, -0.2) is 23.4 Å². The van der Waals surface area contributed by atoms with E-state index in [-0.39, 0.29) is 19.1 Å². The Bertz CT molecular complexity index is 139. The minimum Gasteiger partial charge on any atom is -0.396 e. The van der Waals surface area contributed by atoms with Gasteiger partial charge in [0.15, 0.2) is 0 Å². The van der Waals surface area contributed by atoms with E-state index in [4.69, 9.17) is 10.2 Å². The average molecular weight is 170 g/mol. The molecule has 2 heteroatoms. The molecular formula is C10H18O2. The highest BCUT2D eigenvalue weighted by molar-refractivity contribution is 4.92. The van der Waals surface area contributed by atoms with Crippen molar-refractivity contribution in [2.24, 2.45) is 5.92 Å². The van der Waals surface area contributed by atoms with Crippen LogP contribution < -0.4 is 0 Å². The van der Waals surface area contributed by atoms with E-state index >= 15 is 0 Å². The van der Waals surface area contributed by atoms with Crippen LogP contribution >= 0.6 is 0 Å². The Balaban J connectivity index is 3.56. The molecule has 0 spiro atoms. The Labute approximate surface area is 74.2 Å². The molecule has 0 saturated carbocycles. The van der Waals surface area contributed by atoms with Crippen molar-refractivity contribution in [1.82, 2.24) is 0 Å². The van der Waals surface area contributed by atoms with Crippen LogP contribution in [0.15, 0.2) is 24.3 Å². The Morgan fingerprint density at radius 2 is 2.00 bits per heavy atom. The maximum atomic E-state index is 8.88. The lowest BCUT2D eigenvalue weighted by atomic mass is 10.1. The molecule has 0 bridgehead atoms. The number of aliphatic hydroxyl groups excluding tert-OH is 2. The van der Waals surface area contributed by atoms with Crippen molar-refractivity contribution in [3.63, 3.8) is 0 Å². The quantitative estimate of drug-likeness (QED) is 0.593. The number of allylic oxidation sites excluding steroid dienone is 2. The molecule has 0 radical (unpaired) electrons. The highest BCUT2D eigenvalue weighted by Gasteiger charge is 1.97. The Morgan fingerprint density at radius 1 is 1.25 bits per heavy atom. The van der Waals surface area contributed by atoms with Crippen molar-refractivity contribution < 1.29 is 10.2 Å². The van der Waals surface area contributed by atoms with E-state index in [1.54, 1.807) is 0 Å². The van der Waals surface area contributed by atoms with Gasteiger partial charge in [0.05, 0.1) is 0 Å². The second-order valence-corrected chi connectivity index (χ2v) is 2.69. The summed E-state index contributed by atoms with van der Waals surface area (Å²) in [5.41, 5.74) is 0. The van der Waals surface area contributed by atoms with Crippen molar-refractivity contribution in [2.45, 2.75) is 19.8 Å². The average Bonchev–Trinajstić information content (AvgIpc) is 2.10. The summed E-state index contributed by atoms with van der Waals surface area (Å²) in [6, 6.07) is 0. The minimum atomic E-state index is 0.188. The predicted molar refractivity (Wildman–Crippen MR) is 50.8 cm³/mol. The van der Waals surface area contributed by atoms with Crippen LogP contribution in [0.25, 0.3) is 0 Å². The molecule has 0 aliphatic carbocycles. The van der Waals surface area contributed by atoms with Gasteiger partial charge in [-0.2, -0.15) is 0 Å². The van der Waals surface area contributed by atoms with E-state index in [0.29, 0.717) is 6.42 Å². The fourth-order valence-electron chi connectivity index (χ4n) is 0.950. The molecule has 1 unspecified atom stereocenters. The van der Waals surface area contributed by atoms with Crippen LogP contribution in [0.2, 0.25) is 0 Å². The highest BCUT2D eigenvalue weighted by atomic mass is 16.3. The first-order valence-electron chi connectivity index (χ1n) is 4.34. The lowest BCUT2D eigenvalue weighted by molar-refractivity contribution is 0.253. The van der Waals surface area contributed by atoms with E-state index in [0.717, 1.165) is 6.42 Å². The van der Waals surface area contributed by atoms with Crippen LogP contribution in [0.1, 0.15) is 19.8 Å². The third kappa shape index (κ3) is 6.13. The molecule has 0 aromatic heterocycles. The molecule has 0 aliphatic rings. The second kappa shape index (κ2) is 8.50. The number of hydrogen-bond acceptors (Lipinski definition) is 2. The normalized spacial score (nSPS) is 14.6. The van der Waals surface area contributed by atoms with E-state index in [1.165, 1.54) is 0 Å². The lowest BCUT2D eigenvalue weighted by Crippen LogP contribution is -2.00. The van der Waals surface area contributed by atoms with Crippen molar-refractivity contribution >= 4 is 0 Å². The molecule has 0 aliphatic heterocycles. The van der Waals surface area contributed by atoms with Crippen molar-refractivity contribution in [2.75, 3.05) is 13.2 Å². The Morgan fingerprint density at radius 3 is 2.50 bits per heavy atom. The van der Waals surface area contributed by atoms with Crippen LogP contribution in [0.3, 0.4) is 0 Å². The third-order valence-corrected chi connectivity index (χ3v) is 1.60. The van der Waals surface area contributed by atoms with E-state index in [2.05, 4.69) is 0 Å². The van der Waals surface area contributed by atoms with Gasteiger partial charge in [0.1, 0.15) is 0 Å². The minimum absolute atomic E-state index is 0.188. The van der Waals surface area contributed by atoms with Gasteiger partial charge >= 0.3 is 0 Å². The summed E-state index contributed by atoms with van der Waals surface area (Å²) in [5, 5.41) is 17.4. The molecule has 1 atom stereocenters. The first-order valence-corrected chi connectivity index (χ1v) is 4.34. The van der Waals surface area contributed by atoms with Crippen molar-refractivity contribution in [3.8, 4) is 0 Å². The van der Waals surface area contributed by atoms with Gasteiger partial charge in [0.2, 0.25) is 0 Å². The van der Waals surface area contributed by atoms with Crippen LogP contribution in [0, 0.1) is 5.92 Å². The number of aliphatic hydroxyl groups is 2. The molecule has 0 amide bonds. The van der Waals surface area contributed by atoms with Gasteiger partial charge < -0.3 is 10.2 Å². The summed E-state index contributed by atoms with van der Waals surface area (Å²) >= 11 is 0. The van der Waals surface area contributed by atoms with Crippen LogP contribution in [0.4, 0.5) is 0 Å². The largest absolute Gasteiger partial charge is 0.396 e. The molecule has 12 heavy (non-hydrogen) atoms. The standard InChI is InChI=1S/C10H18O2/c1-2-6-10(9-12)7-4-3-5-8-11/h2-4,6,10-12H,5,7-9H2,1H3. The predicted octanol–water partition coefficient (Wildman–Crippen LogP) is 1.50. The van der Waals surface area contributed by atoms with Gasteiger partial charge in [-0.15, -0.1) is 0 Å². The van der Waals surface area contributed by atoms with Gasteiger partial charge in [-0.1, -0.05) is 24.3 Å². The molecule has 0 rings (SSSR count). The zero-order valence-corrected chi connectivity index (χ0v) is 7.61. The fourth-order valence-corrected chi connectivity index (χ4v) is 0.950. The summed E-state index contributed by atoms with van der Waals surface area (Å²) in [6.07, 6.45) is 9.42. The van der Waals surface area contributed by atoms with E-state index < -0.39 is 0 Å². The first-order chi connectivity index (χ1) is 5.85. The number of rotatable bonds is 6. The van der Waals surface area contributed by atoms with Crippen molar-refractivity contribution in [3.05, 3.63) is 24.3 Å². The Kier molecular flexibility index (Phi) is 8.07. The van der Waals surface area contributed by atoms with Crippen molar-refractivity contribution in [1.29, 1.82) is 0 Å². The summed E-state index contributed by atoms with van der Waals surface area (Å²) in [7, 11) is 0. The molecular weight excluding hydrogens is 152 g/mol. The maximum absolute atomic E-state index is 8.88. The first kappa shape index (κ1) is 11.4. The summed E-state index contributed by atoms with van der Waals surface area (Å²) in [6.45, 7) is 2.33. The summed E-state index contributed by atoms with van der Waals surface area (Å²) in [5.74, 6) is 0.227. The molecule has 0 heterocycles. The summed E-state index contributed by atoms with van der Waals surface area (Å²) < 4.78 is 0. The van der Waals surface area contributed by atoms with E-state index in [1.807, 2.05) is 31.2 Å². The zero-order valence-electron chi connectivity index (χ0n) is 7.61. The van der Waals surface area contributed by atoms with Gasteiger partial charge in [0, 0.05) is 19.1 Å². The maximum Gasteiger partial charge on any atom is 0.0496 e. The van der Waals surface area contributed by atoms with Gasteiger partial charge in [-0.25, -0.2) is 0 Å². The smallest absolute Gasteiger partial charge is 0.0496 e. The van der Waals surface area contributed by atoms with Crippen LogP contribution in [-0.2, 0) is 0 Å². The van der Waals surface area contributed by atoms with Gasteiger partial charge in [-0.3, -0.25) is 0 Å². The molecule has 0 fully saturated rings. The number of hydrogen-bond donors (Lipinski definition) is 2. The van der Waals surface area contributed by atoms with Gasteiger partial charge in [-0.05, 0) is 19.8 Å². The van der Waals surface area contributed by atoms with E-state index in [9.17, 15) is 0 Å². The van der Waals surface area contributed by atoms with Gasteiger partial charge in [0.25, 0.3) is 0 Å². The molecule has 0 aromatic carbocycles. The topological polar surface area (TPSA) is 40.5 Å². The Hall–Kier alpha value is -0.600. The SMILES string of the molecule is CC=CC(CO)CC=CCCO. The summed E-state index contributed by atoms with van der Waals surface area (Å²) in [4.78, 5) is 0. The van der Waals surface area contributed by atoms with Crippen LogP contribution in [0.5, 0.6) is 0 Å². The monoisotopic (exact) mass is 170 g/mol. The molecule has 2 N–H and O–H groups in total. The highest BCUT2D eigenvalue weighted by Crippen LogP contribution is 2.05. The third-order valence-electron chi connectivity index (χ3n) is 1.60. The fraction of sp³-hybridized carbons (Fsp3) is 0.600. The lowest BCUT2D eigenvalue weighted by Gasteiger charge is -2.03. The molecule has 2 nitrogen and oxygen atoms in total.